The van der Waals surface area contributed by atoms with Gasteiger partial charge in [0.25, 0.3) is 10.1 Å². The monoisotopic (exact) mass is 394 g/mol. The molecule has 26 heavy (non-hydrogen) atoms. The fourth-order valence-electron chi connectivity index (χ4n) is 3.88. The second kappa shape index (κ2) is 8.05. The molecule has 3 atom stereocenters. The number of hydrogen-bond donors (Lipinski definition) is 2. The summed E-state index contributed by atoms with van der Waals surface area (Å²) in [6.45, 7) is 4.23. The van der Waals surface area contributed by atoms with E-state index in [-0.39, 0.29) is 4.90 Å². The van der Waals surface area contributed by atoms with Crippen LogP contribution in [-0.2, 0) is 10.1 Å². The Labute approximate surface area is 159 Å². The number of nitrogens with zero attached hydrogens (tertiary/aromatic N) is 1. The molecule has 2 aliphatic rings. The maximum atomic E-state index is 10.5. The fourth-order valence-corrected chi connectivity index (χ4v) is 4.47. The molecule has 0 radical (unpaired) electrons. The van der Waals surface area contributed by atoms with Gasteiger partial charge in [0.15, 0.2) is 0 Å². The molecule has 1 saturated carbocycles. The van der Waals surface area contributed by atoms with E-state index in [4.69, 9.17) is 16.2 Å². The Hall–Kier alpha value is -1.47. The van der Waals surface area contributed by atoms with Crippen LogP contribution in [0.5, 0.6) is 0 Å². The third kappa shape index (κ3) is 4.62. The molecule has 7 heteroatoms. The third-order valence-corrected chi connectivity index (χ3v) is 6.35. The highest BCUT2D eigenvalue weighted by molar-refractivity contribution is 7.85. The van der Waals surface area contributed by atoms with Crippen molar-refractivity contribution in [2.45, 2.75) is 30.6 Å². The summed E-state index contributed by atoms with van der Waals surface area (Å²) in [5.74, 6) is 2.42. The first-order valence-electron chi connectivity index (χ1n) is 8.71. The minimum absolute atomic E-state index is 0.0666. The average Bonchev–Trinajstić information content (AvgIpc) is 3.19. The van der Waals surface area contributed by atoms with E-state index < -0.39 is 10.1 Å². The maximum absolute atomic E-state index is 10.5. The zero-order chi connectivity index (χ0) is 18.7. The van der Waals surface area contributed by atoms with Crippen molar-refractivity contribution in [1.29, 1.82) is 0 Å². The van der Waals surface area contributed by atoms with Crippen LogP contribution in [-0.4, -0.2) is 31.0 Å². The van der Waals surface area contributed by atoms with E-state index in [1.807, 2.05) is 19.2 Å². The van der Waals surface area contributed by atoms with Crippen LogP contribution in [0.4, 0.5) is 0 Å². The summed E-state index contributed by atoms with van der Waals surface area (Å²) >= 11 is 5.81. The van der Waals surface area contributed by atoms with Gasteiger partial charge in [0.1, 0.15) is 5.15 Å². The van der Waals surface area contributed by atoms with Crippen molar-refractivity contribution in [3.05, 3.63) is 58.9 Å². The molecule has 2 heterocycles. The number of benzene rings is 1. The molecule has 2 N–H and O–H groups in total. The lowest BCUT2D eigenvalue weighted by Gasteiger charge is -2.17. The fraction of sp³-hybridized carbons (Fsp3) is 0.421. The molecule has 1 aliphatic heterocycles. The van der Waals surface area contributed by atoms with Crippen LogP contribution in [0.3, 0.4) is 0 Å². The molecular formula is C19H23ClN2O3S. The van der Waals surface area contributed by atoms with Crippen molar-refractivity contribution in [3.8, 4) is 0 Å². The van der Waals surface area contributed by atoms with Crippen LogP contribution >= 0.6 is 11.6 Å². The van der Waals surface area contributed by atoms with Crippen molar-refractivity contribution in [1.82, 2.24) is 10.3 Å². The highest BCUT2D eigenvalue weighted by atomic mass is 35.5. The Morgan fingerprint density at radius 3 is 2.46 bits per heavy atom. The Kier molecular flexibility index (Phi) is 5.97. The topological polar surface area (TPSA) is 79.3 Å². The largest absolute Gasteiger partial charge is 0.316 e. The number of pyridine rings is 1. The summed E-state index contributed by atoms with van der Waals surface area (Å²) in [5.41, 5.74) is 2.33. The molecule has 1 aromatic heterocycles. The molecule has 1 saturated heterocycles. The molecular weight excluding hydrogens is 372 g/mol. The summed E-state index contributed by atoms with van der Waals surface area (Å²) in [6, 6.07) is 10.0. The summed E-state index contributed by atoms with van der Waals surface area (Å²) in [4.78, 5) is 4.12. The number of hydrogen-bond acceptors (Lipinski definition) is 4. The van der Waals surface area contributed by atoms with Gasteiger partial charge in [-0.05, 0) is 74.4 Å². The first-order valence-corrected chi connectivity index (χ1v) is 10.5. The van der Waals surface area contributed by atoms with E-state index in [0.29, 0.717) is 11.1 Å². The van der Waals surface area contributed by atoms with Gasteiger partial charge in [0, 0.05) is 6.20 Å². The van der Waals surface area contributed by atoms with E-state index in [0.717, 1.165) is 17.4 Å². The van der Waals surface area contributed by atoms with Crippen LogP contribution in [0.25, 0.3) is 0 Å². The maximum Gasteiger partial charge on any atom is 0.294 e. The Morgan fingerprint density at radius 2 is 1.85 bits per heavy atom. The molecule has 3 unspecified atom stereocenters. The van der Waals surface area contributed by atoms with Crippen LogP contribution in [0.1, 0.15) is 29.9 Å². The smallest absolute Gasteiger partial charge is 0.294 e. The molecule has 5 nitrogen and oxygen atoms in total. The molecule has 1 aliphatic carbocycles. The van der Waals surface area contributed by atoms with Gasteiger partial charge in [0.05, 0.1) is 4.90 Å². The SMILES string of the molecule is Cc1ccc(S(=O)(=O)O)cc1.Clc1ccc(C2CCC3CNCC32)cn1. The molecule has 0 bridgehead atoms. The molecule has 0 amide bonds. The normalized spacial score (nSPS) is 24.7. The summed E-state index contributed by atoms with van der Waals surface area (Å²) in [7, 11) is -4.02. The molecule has 140 valence electrons. The van der Waals surface area contributed by atoms with E-state index in [2.05, 4.69) is 16.4 Å². The standard InChI is InChI=1S/C12H15ClN2.C7H8O3S/c13-12-4-2-9(6-15-12)10-3-1-8-5-14-7-11(8)10;1-6-2-4-7(5-3-6)11(8,9)10/h2,4,6,8,10-11,14H,1,3,5,7H2;2-5H,1H3,(H,8,9,10). The third-order valence-electron chi connectivity index (χ3n) is 5.25. The lowest BCUT2D eigenvalue weighted by Crippen LogP contribution is -2.14. The van der Waals surface area contributed by atoms with Crippen LogP contribution < -0.4 is 5.32 Å². The predicted molar refractivity (Wildman–Crippen MR) is 102 cm³/mol. The first kappa shape index (κ1) is 19.3. The Morgan fingerprint density at radius 1 is 1.12 bits per heavy atom. The van der Waals surface area contributed by atoms with Gasteiger partial charge in [-0.2, -0.15) is 8.42 Å². The highest BCUT2D eigenvalue weighted by Crippen LogP contribution is 2.44. The van der Waals surface area contributed by atoms with Gasteiger partial charge in [-0.15, -0.1) is 0 Å². The minimum atomic E-state index is -4.02. The zero-order valence-electron chi connectivity index (χ0n) is 14.6. The number of nitrogens with one attached hydrogen (secondary N) is 1. The second-order valence-electron chi connectivity index (χ2n) is 6.97. The van der Waals surface area contributed by atoms with Crippen molar-refractivity contribution in [3.63, 3.8) is 0 Å². The van der Waals surface area contributed by atoms with E-state index >= 15 is 0 Å². The van der Waals surface area contributed by atoms with Gasteiger partial charge in [-0.25, -0.2) is 4.98 Å². The quantitative estimate of drug-likeness (QED) is 0.599. The van der Waals surface area contributed by atoms with Crippen LogP contribution in [0, 0.1) is 18.8 Å². The average molecular weight is 395 g/mol. The number of aryl methyl sites for hydroxylation is 1. The van der Waals surface area contributed by atoms with Gasteiger partial charge in [-0.1, -0.05) is 35.4 Å². The lowest BCUT2D eigenvalue weighted by molar-refractivity contribution is 0.454. The first-order chi connectivity index (χ1) is 12.3. The predicted octanol–water partition coefficient (Wildman–Crippen LogP) is 3.69. The number of aromatic nitrogens is 1. The number of halogens is 1. The van der Waals surface area contributed by atoms with E-state index in [9.17, 15) is 8.42 Å². The van der Waals surface area contributed by atoms with Crippen molar-refractivity contribution < 1.29 is 13.0 Å². The van der Waals surface area contributed by atoms with E-state index in [1.165, 1.54) is 43.6 Å². The van der Waals surface area contributed by atoms with Gasteiger partial charge < -0.3 is 5.32 Å². The molecule has 2 fully saturated rings. The van der Waals surface area contributed by atoms with Gasteiger partial charge in [-0.3, -0.25) is 4.55 Å². The van der Waals surface area contributed by atoms with E-state index in [1.54, 1.807) is 12.1 Å². The zero-order valence-corrected chi connectivity index (χ0v) is 16.2. The summed E-state index contributed by atoms with van der Waals surface area (Å²) < 4.78 is 29.6. The molecule has 4 rings (SSSR count). The van der Waals surface area contributed by atoms with Crippen LogP contribution in [0.2, 0.25) is 5.15 Å². The lowest BCUT2D eigenvalue weighted by atomic mass is 9.88. The van der Waals surface area contributed by atoms with Gasteiger partial charge in [0.2, 0.25) is 0 Å². The van der Waals surface area contributed by atoms with Crippen molar-refractivity contribution in [2.75, 3.05) is 13.1 Å². The van der Waals surface area contributed by atoms with Crippen LogP contribution in [0.15, 0.2) is 47.5 Å². The van der Waals surface area contributed by atoms with Gasteiger partial charge >= 0.3 is 0 Å². The summed E-state index contributed by atoms with van der Waals surface area (Å²) in [5, 5.41) is 4.08. The molecule has 2 aromatic rings. The van der Waals surface area contributed by atoms with Crippen molar-refractivity contribution in [2.24, 2.45) is 11.8 Å². The minimum Gasteiger partial charge on any atom is -0.316 e. The molecule has 0 spiro atoms. The van der Waals surface area contributed by atoms with Crippen molar-refractivity contribution >= 4 is 21.7 Å². The second-order valence-corrected chi connectivity index (χ2v) is 8.78. The number of fused-ring (bicyclic) bond motifs is 1. The Balaban J connectivity index is 0.000000160. The molecule has 1 aromatic carbocycles. The number of rotatable bonds is 2. The highest BCUT2D eigenvalue weighted by Gasteiger charge is 2.39. The summed E-state index contributed by atoms with van der Waals surface area (Å²) in [6.07, 6.45) is 4.64. The Bertz CT molecular complexity index is 838.